The van der Waals surface area contributed by atoms with E-state index in [1.807, 2.05) is 29.5 Å². The van der Waals surface area contributed by atoms with Crippen molar-refractivity contribution in [1.29, 1.82) is 0 Å². The Kier molecular flexibility index (Phi) is 4.51. The standard InChI is InChI=1S/C19H25N3O/c1-4-22-18(12-14(2)20-22)19(23)21-11-10-17(13-15(21)3)16-8-6-5-7-9-16/h5-9,12,15,17H,4,10-11,13H2,1-3H3. The second-order valence-electron chi connectivity index (χ2n) is 6.47. The molecule has 0 N–H and O–H groups in total. The molecule has 3 rings (SSSR count). The van der Waals surface area contributed by atoms with E-state index in [4.69, 9.17) is 0 Å². The van der Waals surface area contributed by atoms with Gasteiger partial charge in [0, 0.05) is 19.1 Å². The highest BCUT2D eigenvalue weighted by Gasteiger charge is 2.31. The molecule has 0 bridgehead atoms. The Labute approximate surface area is 138 Å². The number of aromatic nitrogens is 2. The number of rotatable bonds is 3. The Morgan fingerprint density at radius 3 is 2.70 bits per heavy atom. The minimum Gasteiger partial charge on any atom is -0.335 e. The fourth-order valence-electron chi connectivity index (χ4n) is 3.61. The van der Waals surface area contributed by atoms with Gasteiger partial charge >= 0.3 is 0 Å². The summed E-state index contributed by atoms with van der Waals surface area (Å²) in [7, 11) is 0. The van der Waals surface area contributed by atoms with Gasteiger partial charge in [-0.25, -0.2) is 0 Å². The lowest BCUT2D eigenvalue weighted by Crippen LogP contribution is -2.44. The maximum atomic E-state index is 12.9. The number of likely N-dealkylation sites (tertiary alicyclic amines) is 1. The SMILES string of the molecule is CCn1nc(C)cc1C(=O)N1CCC(c2ccccc2)CC1C. The molecule has 1 saturated heterocycles. The molecular formula is C19H25N3O. The summed E-state index contributed by atoms with van der Waals surface area (Å²) in [6, 6.07) is 12.8. The summed E-state index contributed by atoms with van der Waals surface area (Å²) < 4.78 is 1.81. The van der Waals surface area contributed by atoms with Crippen molar-refractivity contribution in [1.82, 2.24) is 14.7 Å². The van der Waals surface area contributed by atoms with Gasteiger partial charge in [-0.05, 0) is 51.2 Å². The van der Waals surface area contributed by atoms with Gasteiger partial charge in [-0.3, -0.25) is 9.48 Å². The highest BCUT2D eigenvalue weighted by atomic mass is 16.2. The number of carbonyl (C=O) groups excluding carboxylic acids is 1. The van der Waals surface area contributed by atoms with E-state index in [0.29, 0.717) is 5.92 Å². The van der Waals surface area contributed by atoms with E-state index in [1.165, 1.54) is 5.56 Å². The molecule has 2 atom stereocenters. The van der Waals surface area contributed by atoms with Crippen LogP contribution in [0, 0.1) is 6.92 Å². The molecule has 1 amide bonds. The van der Waals surface area contributed by atoms with Crippen molar-refractivity contribution < 1.29 is 4.79 Å². The van der Waals surface area contributed by atoms with Gasteiger partial charge in [-0.15, -0.1) is 0 Å². The molecule has 1 aliphatic rings. The summed E-state index contributed by atoms with van der Waals surface area (Å²) in [5.74, 6) is 0.666. The average molecular weight is 311 g/mol. The van der Waals surface area contributed by atoms with Crippen LogP contribution in [-0.2, 0) is 6.54 Å². The number of piperidine rings is 1. The van der Waals surface area contributed by atoms with Gasteiger partial charge in [0.25, 0.3) is 5.91 Å². The van der Waals surface area contributed by atoms with Crippen LogP contribution in [-0.4, -0.2) is 33.2 Å². The topological polar surface area (TPSA) is 38.1 Å². The third-order valence-electron chi connectivity index (χ3n) is 4.83. The van der Waals surface area contributed by atoms with Gasteiger partial charge in [-0.1, -0.05) is 30.3 Å². The van der Waals surface area contributed by atoms with E-state index in [1.54, 1.807) is 0 Å². The Balaban J connectivity index is 1.74. The molecule has 1 fully saturated rings. The van der Waals surface area contributed by atoms with Gasteiger partial charge in [0.15, 0.2) is 0 Å². The second-order valence-corrected chi connectivity index (χ2v) is 6.47. The summed E-state index contributed by atoms with van der Waals surface area (Å²) in [5, 5.41) is 4.40. The molecule has 23 heavy (non-hydrogen) atoms. The smallest absolute Gasteiger partial charge is 0.272 e. The predicted octanol–water partition coefficient (Wildman–Crippen LogP) is 3.62. The highest BCUT2D eigenvalue weighted by molar-refractivity contribution is 5.93. The zero-order chi connectivity index (χ0) is 16.4. The number of amides is 1. The lowest BCUT2D eigenvalue weighted by Gasteiger charge is -2.38. The number of benzene rings is 1. The van der Waals surface area contributed by atoms with Crippen LogP contribution in [0.2, 0.25) is 0 Å². The van der Waals surface area contributed by atoms with E-state index in [2.05, 4.69) is 42.4 Å². The van der Waals surface area contributed by atoms with Crippen molar-refractivity contribution >= 4 is 5.91 Å². The van der Waals surface area contributed by atoms with Crippen molar-refractivity contribution in [3.05, 3.63) is 53.3 Å². The molecule has 2 heterocycles. The van der Waals surface area contributed by atoms with Crippen LogP contribution in [0.5, 0.6) is 0 Å². The number of aryl methyl sites for hydroxylation is 2. The molecular weight excluding hydrogens is 286 g/mol. The average Bonchev–Trinajstić information content (AvgIpc) is 2.96. The first-order valence-corrected chi connectivity index (χ1v) is 8.50. The summed E-state index contributed by atoms with van der Waals surface area (Å²) >= 11 is 0. The molecule has 1 aliphatic heterocycles. The van der Waals surface area contributed by atoms with Gasteiger partial charge in [-0.2, -0.15) is 5.10 Å². The first-order valence-electron chi connectivity index (χ1n) is 8.50. The second kappa shape index (κ2) is 6.57. The van der Waals surface area contributed by atoms with Crippen LogP contribution < -0.4 is 0 Å². The quantitative estimate of drug-likeness (QED) is 0.868. The predicted molar refractivity (Wildman–Crippen MR) is 91.6 cm³/mol. The maximum Gasteiger partial charge on any atom is 0.272 e. The summed E-state index contributed by atoms with van der Waals surface area (Å²) in [6.07, 6.45) is 2.05. The normalized spacial score (nSPS) is 21.4. The highest BCUT2D eigenvalue weighted by Crippen LogP contribution is 2.32. The van der Waals surface area contributed by atoms with Crippen molar-refractivity contribution in [2.24, 2.45) is 0 Å². The molecule has 0 radical (unpaired) electrons. The summed E-state index contributed by atoms with van der Waals surface area (Å²) in [5.41, 5.74) is 3.01. The molecule has 2 unspecified atom stereocenters. The molecule has 0 aliphatic carbocycles. The Hall–Kier alpha value is -2.10. The van der Waals surface area contributed by atoms with Gasteiger partial charge in [0.1, 0.15) is 5.69 Å². The molecule has 0 saturated carbocycles. The van der Waals surface area contributed by atoms with E-state index in [-0.39, 0.29) is 11.9 Å². The van der Waals surface area contributed by atoms with E-state index in [9.17, 15) is 4.79 Å². The van der Waals surface area contributed by atoms with Crippen molar-refractivity contribution in [2.75, 3.05) is 6.54 Å². The lowest BCUT2D eigenvalue weighted by atomic mass is 9.86. The number of carbonyl (C=O) groups is 1. The number of nitrogens with zero attached hydrogens (tertiary/aromatic N) is 3. The van der Waals surface area contributed by atoms with Crippen molar-refractivity contribution in [2.45, 2.75) is 52.1 Å². The molecule has 1 aromatic heterocycles. The fourth-order valence-corrected chi connectivity index (χ4v) is 3.61. The van der Waals surface area contributed by atoms with E-state index >= 15 is 0 Å². The minimum absolute atomic E-state index is 0.117. The van der Waals surface area contributed by atoms with Crippen LogP contribution in [0.15, 0.2) is 36.4 Å². The molecule has 0 spiro atoms. The van der Waals surface area contributed by atoms with E-state index in [0.717, 1.165) is 37.3 Å². The Morgan fingerprint density at radius 2 is 2.04 bits per heavy atom. The Morgan fingerprint density at radius 1 is 1.30 bits per heavy atom. The molecule has 122 valence electrons. The third kappa shape index (κ3) is 3.16. The molecule has 4 nitrogen and oxygen atoms in total. The summed E-state index contributed by atoms with van der Waals surface area (Å²) in [4.78, 5) is 14.9. The fraction of sp³-hybridized carbons (Fsp3) is 0.474. The van der Waals surface area contributed by atoms with Crippen LogP contribution in [0.1, 0.15) is 54.4 Å². The number of hydrogen-bond donors (Lipinski definition) is 0. The van der Waals surface area contributed by atoms with Crippen molar-refractivity contribution in [3.8, 4) is 0 Å². The van der Waals surface area contributed by atoms with Crippen LogP contribution in [0.4, 0.5) is 0 Å². The summed E-state index contributed by atoms with van der Waals surface area (Å²) in [6.45, 7) is 7.66. The van der Waals surface area contributed by atoms with Gasteiger partial charge in [0.2, 0.25) is 0 Å². The Bertz CT molecular complexity index is 677. The third-order valence-corrected chi connectivity index (χ3v) is 4.83. The molecule has 2 aromatic rings. The molecule has 1 aromatic carbocycles. The minimum atomic E-state index is 0.117. The van der Waals surface area contributed by atoms with Crippen molar-refractivity contribution in [3.63, 3.8) is 0 Å². The van der Waals surface area contributed by atoms with Crippen LogP contribution >= 0.6 is 0 Å². The molecule has 4 heteroatoms. The zero-order valence-electron chi connectivity index (χ0n) is 14.2. The first-order chi connectivity index (χ1) is 11.1. The monoisotopic (exact) mass is 311 g/mol. The largest absolute Gasteiger partial charge is 0.335 e. The van der Waals surface area contributed by atoms with Gasteiger partial charge in [0.05, 0.1) is 5.69 Å². The number of hydrogen-bond acceptors (Lipinski definition) is 2. The van der Waals surface area contributed by atoms with Crippen LogP contribution in [0.25, 0.3) is 0 Å². The van der Waals surface area contributed by atoms with Gasteiger partial charge < -0.3 is 4.90 Å². The first kappa shape index (κ1) is 15.8. The van der Waals surface area contributed by atoms with E-state index < -0.39 is 0 Å². The van der Waals surface area contributed by atoms with Crippen LogP contribution in [0.3, 0.4) is 0 Å². The lowest BCUT2D eigenvalue weighted by molar-refractivity contribution is 0.0603. The zero-order valence-corrected chi connectivity index (χ0v) is 14.2. The maximum absolute atomic E-state index is 12.9.